The van der Waals surface area contributed by atoms with Gasteiger partial charge in [-0.2, -0.15) is 5.10 Å². The van der Waals surface area contributed by atoms with Gasteiger partial charge in [-0.15, -0.1) is 0 Å². The van der Waals surface area contributed by atoms with Crippen LogP contribution >= 0.6 is 0 Å². The first-order valence-corrected chi connectivity index (χ1v) is 6.81. The van der Waals surface area contributed by atoms with Crippen molar-refractivity contribution in [1.82, 2.24) is 20.0 Å². The summed E-state index contributed by atoms with van der Waals surface area (Å²) < 4.78 is 2.08. The van der Waals surface area contributed by atoms with Crippen molar-refractivity contribution in [1.29, 1.82) is 0 Å². The summed E-state index contributed by atoms with van der Waals surface area (Å²) in [5, 5.41) is 16.7. The predicted molar refractivity (Wildman–Crippen MR) is 69.8 cm³/mol. The fraction of sp³-hybridized carbons (Fsp3) is 0.692. The van der Waals surface area contributed by atoms with Gasteiger partial charge in [0.15, 0.2) is 0 Å². The van der Waals surface area contributed by atoms with Crippen LogP contribution in [0.5, 0.6) is 0 Å². The minimum Gasteiger partial charge on any atom is -0.393 e. The summed E-state index contributed by atoms with van der Waals surface area (Å²) in [6.07, 6.45) is 2.27. The van der Waals surface area contributed by atoms with Crippen LogP contribution in [0.25, 0.3) is 0 Å². The number of aliphatic hydroxyl groups is 1. The number of rotatable bonds is 1. The zero-order valence-corrected chi connectivity index (χ0v) is 11.4. The molecule has 0 unspecified atom stereocenters. The summed E-state index contributed by atoms with van der Waals surface area (Å²) >= 11 is 0. The number of aryl methyl sites for hydroxylation is 1. The molecule has 0 radical (unpaired) electrons. The standard InChI is InChI=1S/C13H20N4O2/c1-8-11-7-16(13(19)14-2)4-3-12(11)17(15-8)9-5-10(18)6-9/h9-10,18H,3-7H2,1-2H3,(H,14,19). The molecule has 19 heavy (non-hydrogen) atoms. The van der Waals surface area contributed by atoms with Crippen LogP contribution in [-0.2, 0) is 13.0 Å². The molecule has 0 bridgehead atoms. The number of aliphatic hydroxyl groups excluding tert-OH is 1. The van der Waals surface area contributed by atoms with Gasteiger partial charge in [0.25, 0.3) is 0 Å². The molecule has 104 valence electrons. The normalized spacial score (nSPS) is 25.7. The van der Waals surface area contributed by atoms with Crippen LogP contribution in [-0.4, -0.2) is 45.5 Å². The molecule has 0 saturated heterocycles. The van der Waals surface area contributed by atoms with Gasteiger partial charge in [-0.25, -0.2) is 4.79 Å². The van der Waals surface area contributed by atoms with E-state index < -0.39 is 0 Å². The number of hydrogen-bond acceptors (Lipinski definition) is 3. The summed E-state index contributed by atoms with van der Waals surface area (Å²) in [6, 6.07) is 0.306. The van der Waals surface area contributed by atoms with Crippen molar-refractivity contribution in [3.05, 3.63) is 17.0 Å². The number of carbonyl (C=O) groups excluding carboxylic acids is 1. The van der Waals surface area contributed by atoms with Gasteiger partial charge in [0.2, 0.25) is 0 Å². The molecule has 3 rings (SSSR count). The zero-order valence-electron chi connectivity index (χ0n) is 11.4. The van der Waals surface area contributed by atoms with E-state index in [4.69, 9.17) is 0 Å². The minimum atomic E-state index is -0.170. The lowest BCUT2D eigenvalue weighted by Crippen LogP contribution is -2.42. The van der Waals surface area contributed by atoms with E-state index in [1.54, 1.807) is 7.05 Å². The number of nitrogens with one attached hydrogen (secondary N) is 1. The highest BCUT2D eigenvalue weighted by atomic mass is 16.3. The summed E-state index contributed by atoms with van der Waals surface area (Å²) in [5.74, 6) is 0. The summed E-state index contributed by atoms with van der Waals surface area (Å²) in [7, 11) is 1.66. The molecule has 0 spiro atoms. The quantitative estimate of drug-likeness (QED) is 0.779. The number of aromatic nitrogens is 2. The molecule has 1 saturated carbocycles. The van der Waals surface area contributed by atoms with E-state index in [0.29, 0.717) is 12.6 Å². The fourth-order valence-corrected chi connectivity index (χ4v) is 3.00. The van der Waals surface area contributed by atoms with Gasteiger partial charge in [-0.1, -0.05) is 0 Å². The predicted octanol–water partition coefficient (Wildman–Crippen LogP) is 0.585. The molecule has 6 nitrogen and oxygen atoms in total. The molecule has 1 aliphatic carbocycles. The van der Waals surface area contributed by atoms with Crippen LogP contribution in [0.2, 0.25) is 0 Å². The molecule has 2 heterocycles. The lowest BCUT2D eigenvalue weighted by molar-refractivity contribution is 0.0417. The molecule has 1 fully saturated rings. The van der Waals surface area contributed by atoms with Crippen LogP contribution in [0.1, 0.15) is 35.8 Å². The first-order chi connectivity index (χ1) is 9.10. The van der Waals surface area contributed by atoms with E-state index in [0.717, 1.165) is 31.5 Å². The SMILES string of the molecule is CNC(=O)N1CCc2c(c(C)nn2C2CC(O)C2)C1. The smallest absolute Gasteiger partial charge is 0.317 e. The second kappa shape index (κ2) is 4.52. The number of fused-ring (bicyclic) bond motifs is 1. The van der Waals surface area contributed by atoms with Crippen molar-refractivity contribution in [2.45, 2.75) is 44.9 Å². The molecule has 6 heteroatoms. The van der Waals surface area contributed by atoms with E-state index in [-0.39, 0.29) is 12.1 Å². The minimum absolute atomic E-state index is 0.0307. The molecule has 2 aliphatic rings. The zero-order chi connectivity index (χ0) is 13.6. The first-order valence-electron chi connectivity index (χ1n) is 6.81. The summed E-state index contributed by atoms with van der Waals surface area (Å²) in [6.45, 7) is 3.36. The second-order valence-electron chi connectivity index (χ2n) is 5.46. The molecule has 0 aromatic carbocycles. The van der Waals surface area contributed by atoms with Crippen molar-refractivity contribution in [2.24, 2.45) is 0 Å². The van der Waals surface area contributed by atoms with Gasteiger partial charge in [-0.3, -0.25) is 4.68 Å². The molecular formula is C13H20N4O2. The third kappa shape index (κ3) is 2.00. The van der Waals surface area contributed by atoms with Crippen molar-refractivity contribution >= 4 is 6.03 Å². The number of amides is 2. The molecule has 1 aliphatic heterocycles. The Labute approximate surface area is 112 Å². The van der Waals surface area contributed by atoms with Crippen LogP contribution in [0.3, 0.4) is 0 Å². The second-order valence-corrected chi connectivity index (χ2v) is 5.46. The Morgan fingerprint density at radius 1 is 1.47 bits per heavy atom. The molecule has 1 aromatic rings. The topological polar surface area (TPSA) is 70.4 Å². The van der Waals surface area contributed by atoms with Gasteiger partial charge in [-0.05, 0) is 19.8 Å². The molecule has 1 aromatic heterocycles. The highest BCUT2D eigenvalue weighted by molar-refractivity contribution is 5.74. The van der Waals surface area contributed by atoms with Crippen molar-refractivity contribution in [3.63, 3.8) is 0 Å². The summed E-state index contributed by atoms with van der Waals surface area (Å²) in [4.78, 5) is 13.5. The highest BCUT2D eigenvalue weighted by Crippen LogP contribution is 2.35. The maximum absolute atomic E-state index is 11.7. The Balaban J connectivity index is 1.84. The maximum atomic E-state index is 11.7. The van der Waals surface area contributed by atoms with Crippen molar-refractivity contribution in [3.8, 4) is 0 Å². The number of urea groups is 1. The van der Waals surface area contributed by atoms with Crippen LogP contribution in [0.15, 0.2) is 0 Å². The molecule has 2 N–H and O–H groups in total. The average Bonchev–Trinajstić information content (AvgIpc) is 2.71. The summed E-state index contributed by atoms with van der Waals surface area (Å²) in [5.41, 5.74) is 3.43. The molecule has 2 amide bonds. The fourth-order valence-electron chi connectivity index (χ4n) is 3.00. The van der Waals surface area contributed by atoms with E-state index in [2.05, 4.69) is 15.1 Å². The van der Waals surface area contributed by atoms with E-state index >= 15 is 0 Å². The number of nitrogens with zero attached hydrogens (tertiary/aromatic N) is 3. The van der Waals surface area contributed by atoms with Crippen molar-refractivity contribution in [2.75, 3.05) is 13.6 Å². The number of hydrogen-bond donors (Lipinski definition) is 2. The van der Waals surface area contributed by atoms with Gasteiger partial charge < -0.3 is 15.3 Å². The van der Waals surface area contributed by atoms with E-state index in [1.165, 1.54) is 11.3 Å². The van der Waals surface area contributed by atoms with Crippen LogP contribution < -0.4 is 5.32 Å². The maximum Gasteiger partial charge on any atom is 0.317 e. The largest absolute Gasteiger partial charge is 0.393 e. The monoisotopic (exact) mass is 264 g/mol. The lowest BCUT2D eigenvalue weighted by Gasteiger charge is -2.34. The van der Waals surface area contributed by atoms with Gasteiger partial charge >= 0.3 is 6.03 Å². The Bertz CT molecular complexity index is 505. The van der Waals surface area contributed by atoms with Crippen LogP contribution in [0.4, 0.5) is 4.79 Å². The third-order valence-corrected chi connectivity index (χ3v) is 4.22. The average molecular weight is 264 g/mol. The third-order valence-electron chi connectivity index (χ3n) is 4.22. The Morgan fingerprint density at radius 2 is 2.21 bits per heavy atom. The van der Waals surface area contributed by atoms with Gasteiger partial charge in [0.05, 0.1) is 24.4 Å². The highest BCUT2D eigenvalue weighted by Gasteiger charge is 2.34. The van der Waals surface area contributed by atoms with Gasteiger partial charge in [0, 0.05) is 31.3 Å². The Morgan fingerprint density at radius 3 is 2.84 bits per heavy atom. The lowest BCUT2D eigenvalue weighted by atomic mass is 9.89. The Hall–Kier alpha value is -1.56. The van der Waals surface area contributed by atoms with Crippen LogP contribution in [0, 0.1) is 6.92 Å². The van der Waals surface area contributed by atoms with Gasteiger partial charge in [0.1, 0.15) is 0 Å². The van der Waals surface area contributed by atoms with E-state index in [9.17, 15) is 9.90 Å². The molecular weight excluding hydrogens is 244 g/mol. The first kappa shape index (κ1) is 12.5. The molecule has 0 atom stereocenters. The Kier molecular flexibility index (Phi) is 2.97. The van der Waals surface area contributed by atoms with Crippen molar-refractivity contribution < 1.29 is 9.90 Å². The van der Waals surface area contributed by atoms with E-state index in [1.807, 2.05) is 11.8 Å². The number of carbonyl (C=O) groups is 1.